The Morgan fingerprint density at radius 3 is 1.44 bits per heavy atom. The van der Waals surface area contributed by atoms with Gasteiger partial charge in [-0.2, -0.15) is 0 Å². The van der Waals surface area contributed by atoms with Crippen LogP contribution in [0.4, 0.5) is 5.69 Å². The number of benzene rings is 1. The second kappa shape index (κ2) is 8.53. The van der Waals surface area contributed by atoms with Crippen molar-refractivity contribution in [2.75, 3.05) is 12.4 Å². The topological polar surface area (TPSA) is 126 Å². The summed E-state index contributed by atoms with van der Waals surface area (Å²) in [7, 11) is -8.24. The van der Waals surface area contributed by atoms with Crippen molar-refractivity contribution < 1.29 is 129 Å². The summed E-state index contributed by atoms with van der Waals surface area (Å²) in [6, 6.07) is 2.42. The van der Waals surface area contributed by atoms with Crippen molar-refractivity contribution in [1.82, 2.24) is 0 Å². The Morgan fingerprint density at radius 1 is 0.889 bits per heavy atom. The number of nitrogens with one attached hydrogen (secondary N) is 1. The van der Waals surface area contributed by atoms with Crippen molar-refractivity contribution in [2.24, 2.45) is 0 Å². The van der Waals surface area contributed by atoms with Crippen LogP contribution in [0.2, 0.25) is 0 Å². The number of hydrogen-bond donors (Lipinski definition) is 1. The van der Waals surface area contributed by atoms with Crippen molar-refractivity contribution in [3.8, 4) is 0 Å². The molecule has 0 radical (unpaired) electrons. The van der Waals surface area contributed by atoms with E-state index in [1.54, 1.807) is 0 Å². The maximum atomic E-state index is 10.7. The minimum Gasteiger partial charge on any atom is -0.744 e. The van der Waals surface area contributed by atoms with Crippen LogP contribution in [-0.2, 0) is 20.2 Å². The average molecular weight is 343 g/mol. The fraction of sp³-hybridized carbons (Fsp3) is 0.143. The van der Waals surface area contributed by atoms with Crippen LogP contribution in [0.3, 0.4) is 0 Å². The van der Waals surface area contributed by atoms with Crippen LogP contribution in [0.15, 0.2) is 28.0 Å². The normalized spacial score (nSPS) is 11.1. The van der Waals surface area contributed by atoms with Crippen molar-refractivity contribution in [3.05, 3.63) is 18.2 Å². The van der Waals surface area contributed by atoms with Gasteiger partial charge in [-0.3, -0.25) is 0 Å². The van der Waals surface area contributed by atoms with Gasteiger partial charge < -0.3 is 14.4 Å². The van der Waals surface area contributed by atoms with Gasteiger partial charge in [0.05, 0.1) is 9.79 Å². The van der Waals surface area contributed by atoms with Gasteiger partial charge in [0.2, 0.25) is 0 Å². The molecule has 0 aliphatic carbocycles. The van der Waals surface area contributed by atoms with Crippen LogP contribution in [0.1, 0.15) is 0 Å². The van der Waals surface area contributed by atoms with Crippen LogP contribution in [0.5, 0.6) is 0 Å². The van der Waals surface area contributed by atoms with Crippen LogP contribution in [0.25, 0.3) is 0 Å². The summed E-state index contributed by atoms with van der Waals surface area (Å²) in [6.07, 6.45) is 0. The molecule has 0 heterocycles. The summed E-state index contributed by atoms with van der Waals surface area (Å²) in [4.78, 5) is -1.54. The predicted octanol–water partition coefficient (Wildman–Crippen LogP) is -6.46. The molecule has 0 saturated carbocycles. The van der Waals surface area contributed by atoms with Crippen molar-refractivity contribution in [3.63, 3.8) is 0 Å². The van der Waals surface area contributed by atoms with Crippen molar-refractivity contribution in [2.45, 2.75) is 9.79 Å². The first-order valence-electron chi connectivity index (χ1n) is 3.89. The summed E-state index contributed by atoms with van der Waals surface area (Å²) < 4.78 is 64.2. The average Bonchev–Trinajstić information content (AvgIpc) is 2.14. The van der Waals surface area contributed by atoms with E-state index in [0.29, 0.717) is 6.07 Å². The molecular weight excluding hydrogens is 336 g/mol. The molecule has 0 unspecified atom stereocenters. The molecule has 1 rings (SSSR count). The molecular formula is C7H7K2NO6S2. The van der Waals surface area contributed by atoms with E-state index in [2.05, 4.69) is 5.32 Å². The Labute approximate surface area is 190 Å². The van der Waals surface area contributed by atoms with Gasteiger partial charge in [0.15, 0.2) is 0 Å². The quantitative estimate of drug-likeness (QED) is 0.427. The zero-order valence-electron chi connectivity index (χ0n) is 10.00. The first-order chi connectivity index (χ1) is 7.14. The van der Waals surface area contributed by atoms with E-state index in [0.717, 1.165) is 12.1 Å². The Bertz CT molecular complexity index is 563. The fourth-order valence-electron chi connectivity index (χ4n) is 1.00. The van der Waals surface area contributed by atoms with E-state index in [-0.39, 0.29) is 108 Å². The summed E-state index contributed by atoms with van der Waals surface area (Å²) in [5, 5.41) is 2.45. The Morgan fingerprint density at radius 2 is 1.22 bits per heavy atom. The van der Waals surface area contributed by atoms with E-state index < -0.39 is 30.0 Å². The van der Waals surface area contributed by atoms with Gasteiger partial charge in [-0.15, -0.1) is 0 Å². The van der Waals surface area contributed by atoms with Crippen LogP contribution >= 0.6 is 0 Å². The summed E-state index contributed by atoms with van der Waals surface area (Å²) in [6.45, 7) is 0. The van der Waals surface area contributed by atoms with E-state index >= 15 is 0 Å². The minimum absolute atomic E-state index is 0. The minimum atomic E-state index is -4.81. The first-order valence-corrected chi connectivity index (χ1v) is 6.71. The molecule has 0 atom stereocenters. The summed E-state index contributed by atoms with van der Waals surface area (Å²) in [5.74, 6) is 0. The molecule has 0 amide bonds. The SMILES string of the molecule is CNc1cc(S(=O)(=O)[O-])cc(S(=O)(=O)[O-])c1.[K+].[K+]. The van der Waals surface area contributed by atoms with Crippen LogP contribution < -0.4 is 108 Å². The summed E-state index contributed by atoms with van der Waals surface area (Å²) >= 11 is 0. The van der Waals surface area contributed by atoms with Gasteiger partial charge in [0.1, 0.15) is 20.2 Å². The second-order valence-corrected chi connectivity index (χ2v) is 5.61. The molecule has 0 aliphatic heterocycles. The largest absolute Gasteiger partial charge is 1.00 e. The molecule has 1 N–H and O–H groups in total. The third-order valence-corrected chi connectivity index (χ3v) is 3.37. The smallest absolute Gasteiger partial charge is 0.744 e. The van der Waals surface area contributed by atoms with Crippen LogP contribution in [0, 0.1) is 0 Å². The Balaban J connectivity index is 0. The number of hydrogen-bond acceptors (Lipinski definition) is 7. The second-order valence-electron chi connectivity index (χ2n) is 2.85. The molecule has 7 nitrogen and oxygen atoms in total. The first kappa shape index (κ1) is 22.4. The van der Waals surface area contributed by atoms with Crippen molar-refractivity contribution >= 4 is 25.9 Å². The zero-order valence-corrected chi connectivity index (χ0v) is 17.9. The number of anilines is 1. The molecule has 18 heavy (non-hydrogen) atoms. The predicted molar refractivity (Wildman–Crippen MR) is 51.9 cm³/mol. The maximum absolute atomic E-state index is 10.7. The van der Waals surface area contributed by atoms with Gasteiger partial charge in [-0.05, 0) is 18.2 Å². The zero-order chi connectivity index (χ0) is 12.6. The Kier molecular flexibility index (Phi) is 10.6. The molecule has 90 valence electrons. The molecule has 1 aromatic carbocycles. The monoisotopic (exact) mass is 343 g/mol. The van der Waals surface area contributed by atoms with Crippen LogP contribution in [-0.4, -0.2) is 33.0 Å². The third-order valence-electron chi connectivity index (χ3n) is 1.75. The van der Waals surface area contributed by atoms with Gasteiger partial charge in [0.25, 0.3) is 0 Å². The van der Waals surface area contributed by atoms with Gasteiger partial charge >= 0.3 is 103 Å². The molecule has 0 fully saturated rings. The molecule has 0 aromatic heterocycles. The van der Waals surface area contributed by atoms with E-state index in [1.807, 2.05) is 0 Å². The van der Waals surface area contributed by atoms with E-state index in [9.17, 15) is 25.9 Å². The number of rotatable bonds is 3. The molecule has 0 saturated heterocycles. The van der Waals surface area contributed by atoms with Gasteiger partial charge in [-0.25, -0.2) is 16.8 Å². The van der Waals surface area contributed by atoms with Crippen molar-refractivity contribution in [1.29, 1.82) is 0 Å². The van der Waals surface area contributed by atoms with E-state index in [4.69, 9.17) is 0 Å². The maximum Gasteiger partial charge on any atom is 1.00 e. The molecule has 0 aliphatic rings. The molecule has 1 aromatic rings. The standard InChI is InChI=1S/C7H9NO6S2.2K/c1-8-5-2-6(15(9,10)11)4-7(3-5)16(12,13)14;;/h2-4,8H,1H3,(H,9,10,11)(H,12,13,14);;/q;2*+1/p-2. The molecule has 11 heteroatoms. The Hall–Kier alpha value is 2.11. The van der Waals surface area contributed by atoms with E-state index in [1.165, 1.54) is 7.05 Å². The fourth-order valence-corrected chi connectivity index (χ4v) is 2.16. The van der Waals surface area contributed by atoms with Gasteiger partial charge in [0, 0.05) is 12.7 Å². The third kappa shape index (κ3) is 6.71. The summed E-state index contributed by atoms with van der Waals surface area (Å²) in [5.41, 5.74) is 0.0475. The molecule has 0 spiro atoms. The van der Waals surface area contributed by atoms with Gasteiger partial charge in [-0.1, -0.05) is 0 Å². The molecule has 0 bridgehead atoms.